The molecule has 3 rings (SSSR count). The van der Waals surface area contributed by atoms with Crippen LogP contribution in [0.25, 0.3) is 0 Å². The number of nitrogens with zero attached hydrogens (tertiary/aromatic N) is 1. The number of aryl methyl sites for hydroxylation is 1. The van der Waals surface area contributed by atoms with Crippen molar-refractivity contribution in [2.24, 2.45) is 5.73 Å². The maximum atomic E-state index is 6.31. The van der Waals surface area contributed by atoms with Crippen molar-refractivity contribution in [1.29, 1.82) is 0 Å². The highest BCUT2D eigenvalue weighted by molar-refractivity contribution is 5.34. The number of fused-ring (bicyclic) bond motifs is 1. The monoisotopic (exact) mass is 266 g/mol. The Bertz CT molecular complexity index is 579. The predicted octanol–water partition coefficient (Wildman–Crippen LogP) is 3.40. The second-order valence-corrected chi connectivity index (χ2v) is 5.83. The first-order valence-electron chi connectivity index (χ1n) is 7.29. The number of rotatable bonds is 3. The third-order valence-electron chi connectivity index (χ3n) is 4.26. The van der Waals surface area contributed by atoms with Gasteiger partial charge in [-0.05, 0) is 36.1 Å². The zero-order valence-electron chi connectivity index (χ0n) is 12.2. The smallest absolute Gasteiger partial charge is 0.0506 e. The highest BCUT2D eigenvalue weighted by Gasteiger charge is 2.29. The van der Waals surface area contributed by atoms with E-state index in [4.69, 9.17) is 5.73 Å². The summed E-state index contributed by atoms with van der Waals surface area (Å²) in [6.45, 7) is 6.28. The summed E-state index contributed by atoms with van der Waals surface area (Å²) in [7, 11) is 0. The molecule has 0 saturated carbocycles. The summed E-state index contributed by atoms with van der Waals surface area (Å²) in [5.74, 6) is 0. The van der Waals surface area contributed by atoms with E-state index in [2.05, 4.69) is 67.3 Å². The van der Waals surface area contributed by atoms with Gasteiger partial charge < -0.3 is 5.73 Å². The van der Waals surface area contributed by atoms with Crippen LogP contribution in [0.2, 0.25) is 0 Å². The van der Waals surface area contributed by atoms with Gasteiger partial charge >= 0.3 is 0 Å². The maximum Gasteiger partial charge on any atom is 0.0506 e. The number of nitrogens with two attached hydrogens (primary N) is 1. The standard InChI is InChI=1S/C18H22N2/c1-13-7-3-6-10-17(13)18(14(2)19)20-11-15-8-4-5-9-16(15)12-20/h3-10,14,18H,11-12,19H2,1-2H3. The van der Waals surface area contributed by atoms with E-state index < -0.39 is 0 Å². The van der Waals surface area contributed by atoms with E-state index in [0.717, 1.165) is 13.1 Å². The Morgan fingerprint density at radius 2 is 1.50 bits per heavy atom. The molecule has 2 unspecified atom stereocenters. The van der Waals surface area contributed by atoms with Crippen LogP contribution in [0.5, 0.6) is 0 Å². The Kier molecular flexibility index (Phi) is 3.60. The molecule has 2 aromatic rings. The molecule has 1 heterocycles. The molecule has 0 amide bonds. The van der Waals surface area contributed by atoms with Crippen LogP contribution in [0.1, 0.15) is 35.2 Å². The van der Waals surface area contributed by atoms with E-state index in [9.17, 15) is 0 Å². The van der Waals surface area contributed by atoms with Crippen LogP contribution in [0, 0.1) is 6.92 Å². The first kappa shape index (κ1) is 13.3. The first-order valence-corrected chi connectivity index (χ1v) is 7.29. The van der Waals surface area contributed by atoms with Crippen LogP contribution >= 0.6 is 0 Å². The summed E-state index contributed by atoms with van der Waals surface area (Å²) in [4.78, 5) is 2.50. The van der Waals surface area contributed by atoms with Gasteiger partial charge in [-0.2, -0.15) is 0 Å². The topological polar surface area (TPSA) is 29.3 Å². The molecule has 0 fully saturated rings. The molecule has 2 aromatic carbocycles. The fourth-order valence-corrected chi connectivity index (χ4v) is 3.29. The van der Waals surface area contributed by atoms with Gasteiger partial charge in [0.2, 0.25) is 0 Å². The summed E-state index contributed by atoms with van der Waals surface area (Å²) in [5.41, 5.74) is 11.9. The molecule has 20 heavy (non-hydrogen) atoms. The van der Waals surface area contributed by atoms with Crippen molar-refractivity contribution in [3.05, 3.63) is 70.8 Å². The zero-order chi connectivity index (χ0) is 14.1. The van der Waals surface area contributed by atoms with Crippen LogP contribution in [-0.2, 0) is 13.1 Å². The lowest BCUT2D eigenvalue weighted by Gasteiger charge is -2.32. The minimum atomic E-state index is 0.116. The molecule has 0 saturated heterocycles. The van der Waals surface area contributed by atoms with E-state index in [1.165, 1.54) is 22.3 Å². The van der Waals surface area contributed by atoms with Crippen LogP contribution in [0.15, 0.2) is 48.5 Å². The molecule has 2 nitrogen and oxygen atoms in total. The quantitative estimate of drug-likeness (QED) is 0.922. The van der Waals surface area contributed by atoms with Gasteiger partial charge in [0.25, 0.3) is 0 Å². The summed E-state index contributed by atoms with van der Waals surface area (Å²) in [5, 5.41) is 0. The lowest BCUT2D eigenvalue weighted by Crippen LogP contribution is -2.37. The molecule has 0 radical (unpaired) electrons. The van der Waals surface area contributed by atoms with Gasteiger partial charge in [0.15, 0.2) is 0 Å². The minimum Gasteiger partial charge on any atom is -0.326 e. The SMILES string of the molecule is Cc1ccccc1C(C(C)N)N1Cc2ccccc2C1. The summed E-state index contributed by atoms with van der Waals surface area (Å²) in [6.07, 6.45) is 0. The van der Waals surface area contributed by atoms with Gasteiger partial charge in [0, 0.05) is 19.1 Å². The van der Waals surface area contributed by atoms with Gasteiger partial charge in [-0.1, -0.05) is 48.5 Å². The van der Waals surface area contributed by atoms with E-state index in [0.29, 0.717) is 0 Å². The molecule has 0 spiro atoms. The largest absolute Gasteiger partial charge is 0.326 e. The second-order valence-electron chi connectivity index (χ2n) is 5.83. The highest BCUT2D eigenvalue weighted by Crippen LogP contribution is 2.33. The molecule has 0 aromatic heterocycles. The van der Waals surface area contributed by atoms with Gasteiger partial charge in [-0.25, -0.2) is 0 Å². The van der Waals surface area contributed by atoms with Crippen molar-refractivity contribution in [3.63, 3.8) is 0 Å². The molecular weight excluding hydrogens is 244 g/mol. The van der Waals surface area contributed by atoms with Gasteiger partial charge in [-0.3, -0.25) is 4.90 Å². The third kappa shape index (κ3) is 2.37. The Balaban J connectivity index is 1.93. The van der Waals surface area contributed by atoms with Gasteiger partial charge in [0.05, 0.1) is 6.04 Å². The average Bonchev–Trinajstić information content (AvgIpc) is 2.84. The average molecular weight is 266 g/mol. The molecule has 2 atom stereocenters. The van der Waals surface area contributed by atoms with Gasteiger partial charge in [0.1, 0.15) is 0 Å². The van der Waals surface area contributed by atoms with Gasteiger partial charge in [-0.15, -0.1) is 0 Å². The van der Waals surface area contributed by atoms with E-state index >= 15 is 0 Å². The van der Waals surface area contributed by atoms with Crippen molar-refractivity contribution in [3.8, 4) is 0 Å². The van der Waals surface area contributed by atoms with Crippen LogP contribution in [0.3, 0.4) is 0 Å². The number of benzene rings is 2. The van der Waals surface area contributed by atoms with Crippen molar-refractivity contribution >= 4 is 0 Å². The third-order valence-corrected chi connectivity index (χ3v) is 4.26. The maximum absolute atomic E-state index is 6.31. The van der Waals surface area contributed by atoms with Crippen molar-refractivity contribution < 1.29 is 0 Å². The molecule has 104 valence electrons. The van der Waals surface area contributed by atoms with E-state index in [1.807, 2.05) is 0 Å². The van der Waals surface area contributed by atoms with Crippen molar-refractivity contribution in [2.45, 2.75) is 39.0 Å². The molecule has 1 aliphatic heterocycles. The Morgan fingerprint density at radius 3 is 2.05 bits per heavy atom. The molecule has 2 heteroatoms. The molecule has 1 aliphatic rings. The van der Waals surface area contributed by atoms with E-state index in [1.54, 1.807) is 0 Å². The van der Waals surface area contributed by atoms with Crippen molar-refractivity contribution in [2.75, 3.05) is 0 Å². The molecule has 0 aliphatic carbocycles. The lowest BCUT2D eigenvalue weighted by atomic mass is 9.95. The lowest BCUT2D eigenvalue weighted by molar-refractivity contribution is 0.177. The fraction of sp³-hybridized carbons (Fsp3) is 0.333. The molecular formula is C18H22N2. The van der Waals surface area contributed by atoms with Crippen LogP contribution in [-0.4, -0.2) is 10.9 Å². The molecule has 0 bridgehead atoms. The zero-order valence-corrected chi connectivity index (χ0v) is 12.2. The minimum absolute atomic E-state index is 0.116. The normalized spacial score (nSPS) is 17.8. The van der Waals surface area contributed by atoms with Crippen LogP contribution < -0.4 is 5.73 Å². The summed E-state index contributed by atoms with van der Waals surface area (Å²) < 4.78 is 0. The number of hydrogen-bond donors (Lipinski definition) is 1. The number of hydrogen-bond acceptors (Lipinski definition) is 2. The van der Waals surface area contributed by atoms with Crippen LogP contribution in [0.4, 0.5) is 0 Å². The fourth-order valence-electron chi connectivity index (χ4n) is 3.29. The Morgan fingerprint density at radius 1 is 0.950 bits per heavy atom. The Hall–Kier alpha value is -1.64. The summed E-state index contributed by atoms with van der Waals surface area (Å²) in [6, 6.07) is 17.7. The van der Waals surface area contributed by atoms with Crippen molar-refractivity contribution in [1.82, 2.24) is 4.90 Å². The molecule has 2 N–H and O–H groups in total. The Labute approximate surface area is 121 Å². The summed E-state index contributed by atoms with van der Waals surface area (Å²) >= 11 is 0. The van der Waals surface area contributed by atoms with E-state index in [-0.39, 0.29) is 12.1 Å². The second kappa shape index (κ2) is 5.39. The first-order chi connectivity index (χ1) is 9.66. The highest BCUT2D eigenvalue weighted by atomic mass is 15.2. The predicted molar refractivity (Wildman–Crippen MR) is 83.3 cm³/mol.